The maximum atomic E-state index is 10.8. The highest BCUT2D eigenvalue weighted by molar-refractivity contribution is 5.73. The van der Waals surface area contributed by atoms with Crippen molar-refractivity contribution in [2.24, 2.45) is 0 Å². The van der Waals surface area contributed by atoms with Gasteiger partial charge in [0.25, 0.3) is 0 Å². The second-order valence-corrected chi connectivity index (χ2v) is 4.45. The van der Waals surface area contributed by atoms with E-state index in [-0.39, 0.29) is 6.61 Å². The van der Waals surface area contributed by atoms with Crippen LogP contribution in [0.5, 0.6) is 0 Å². The van der Waals surface area contributed by atoms with Crippen LogP contribution in [0.15, 0.2) is 30.5 Å². The van der Waals surface area contributed by atoms with E-state index in [0.717, 1.165) is 17.6 Å². The molecule has 0 N–H and O–H groups in total. The van der Waals surface area contributed by atoms with E-state index < -0.39 is 6.16 Å². The number of ether oxygens (including phenoxy) is 2. The predicted molar refractivity (Wildman–Crippen MR) is 70.1 cm³/mol. The quantitative estimate of drug-likeness (QED) is 0.583. The highest BCUT2D eigenvalue weighted by Crippen LogP contribution is 2.19. The summed E-state index contributed by atoms with van der Waals surface area (Å²) in [7, 11) is 0. The van der Waals surface area contributed by atoms with E-state index in [4.69, 9.17) is 9.47 Å². The molecular weight excluding hydrogens is 228 g/mol. The number of aryl methyl sites for hydroxylation is 1. The average Bonchev–Trinajstić information content (AvgIpc) is 2.41. The Balaban J connectivity index is 1.97. The molecule has 1 aliphatic rings. The summed E-state index contributed by atoms with van der Waals surface area (Å²) in [4.78, 5) is 10.8. The monoisotopic (exact) mass is 246 g/mol. The summed E-state index contributed by atoms with van der Waals surface area (Å²) in [5, 5.41) is 0. The van der Waals surface area contributed by atoms with E-state index in [0.29, 0.717) is 0 Å². The molecule has 3 heteroatoms. The Bertz CT molecular complexity index is 432. The lowest BCUT2D eigenvalue weighted by Crippen LogP contribution is -2.12. The van der Waals surface area contributed by atoms with Gasteiger partial charge in [-0.2, -0.15) is 0 Å². The van der Waals surface area contributed by atoms with Gasteiger partial charge in [-0.3, -0.25) is 0 Å². The molecule has 0 atom stereocenters. The third-order valence-corrected chi connectivity index (χ3v) is 3.04. The van der Waals surface area contributed by atoms with Crippen molar-refractivity contribution in [3.63, 3.8) is 0 Å². The average molecular weight is 246 g/mol. The molecule has 0 fully saturated rings. The molecule has 0 saturated carbocycles. The molecule has 0 amide bonds. The molecule has 1 aliphatic heterocycles. The van der Waals surface area contributed by atoms with Crippen molar-refractivity contribution in [1.82, 2.24) is 0 Å². The van der Waals surface area contributed by atoms with E-state index in [1.54, 1.807) is 0 Å². The van der Waals surface area contributed by atoms with Gasteiger partial charge in [-0.25, -0.2) is 4.79 Å². The van der Waals surface area contributed by atoms with Gasteiger partial charge in [0.2, 0.25) is 0 Å². The van der Waals surface area contributed by atoms with Gasteiger partial charge < -0.3 is 9.47 Å². The van der Waals surface area contributed by atoms with Crippen LogP contribution in [-0.2, 0) is 15.9 Å². The number of unbranched alkanes of at least 4 members (excludes halogenated alkanes) is 2. The van der Waals surface area contributed by atoms with Gasteiger partial charge in [0, 0.05) is 5.57 Å². The summed E-state index contributed by atoms with van der Waals surface area (Å²) in [6, 6.07) is 8.36. The van der Waals surface area contributed by atoms with Crippen LogP contribution >= 0.6 is 0 Å². The van der Waals surface area contributed by atoms with E-state index in [1.165, 1.54) is 31.1 Å². The SMILES string of the molecule is CCCCCc1ccc(C2=COC(=O)OC2)cc1. The zero-order valence-corrected chi connectivity index (χ0v) is 10.6. The minimum absolute atomic E-state index is 0.286. The predicted octanol–water partition coefficient (Wildman–Crippen LogP) is 3.93. The topological polar surface area (TPSA) is 35.5 Å². The second-order valence-electron chi connectivity index (χ2n) is 4.45. The highest BCUT2D eigenvalue weighted by Gasteiger charge is 2.13. The van der Waals surface area contributed by atoms with Crippen molar-refractivity contribution < 1.29 is 14.3 Å². The van der Waals surface area contributed by atoms with Crippen LogP contribution in [0.25, 0.3) is 5.57 Å². The Morgan fingerprint density at radius 3 is 2.56 bits per heavy atom. The largest absolute Gasteiger partial charge is 0.513 e. The van der Waals surface area contributed by atoms with Crippen LogP contribution < -0.4 is 0 Å². The molecule has 1 aromatic carbocycles. The van der Waals surface area contributed by atoms with Gasteiger partial charge in [-0.05, 0) is 24.0 Å². The van der Waals surface area contributed by atoms with Crippen molar-refractivity contribution in [2.45, 2.75) is 32.6 Å². The van der Waals surface area contributed by atoms with Crippen molar-refractivity contribution in [1.29, 1.82) is 0 Å². The minimum atomic E-state index is -0.630. The van der Waals surface area contributed by atoms with E-state index in [9.17, 15) is 4.79 Å². The van der Waals surface area contributed by atoms with Crippen LogP contribution in [0.2, 0.25) is 0 Å². The summed E-state index contributed by atoms with van der Waals surface area (Å²) in [5.74, 6) is 0. The number of benzene rings is 1. The summed E-state index contributed by atoms with van der Waals surface area (Å²) in [6.07, 6.45) is 5.72. The molecule has 0 spiro atoms. The molecule has 96 valence electrons. The minimum Gasteiger partial charge on any atom is -0.429 e. The van der Waals surface area contributed by atoms with E-state index in [1.807, 2.05) is 0 Å². The number of hydrogen-bond acceptors (Lipinski definition) is 3. The number of carbonyl (C=O) groups is 1. The normalized spacial score (nSPS) is 14.7. The van der Waals surface area contributed by atoms with Crippen LogP contribution in [0.4, 0.5) is 4.79 Å². The fourth-order valence-corrected chi connectivity index (χ4v) is 1.94. The number of cyclic esters (lactones) is 2. The lowest BCUT2D eigenvalue weighted by molar-refractivity contribution is 0.0869. The van der Waals surface area contributed by atoms with Crippen molar-refractivity contribution in [2.75, 3.05) is 6.61 Å². The number of carbonyl (C=O) groups excluding carboxylic acids is 1. The smallest absolute Gasteiger partial charge is 0.429 e. The van der Waals surface area contributed by atoms with Gasteiger partial charge in [0.15, 0.2) is 0 Å². The van der Waals surface area contributed by atoms with Gasteiger partial charge in [0.1, 0.15) is 12.9 Å². The second kappa shape index (κ2) is 6.24. The Morgan fingerprint density at radius 1 is 1.17 bits per heavy atom. The molecule has 0 radical (unpaired) electrons. The Labute approximate surface area is 107 Å². The molecule has 3 nitrogen and oxygen atoms in total. The summed E-state index contributed by atoms with van der Waals surface area (Å²) in [5.41, 5.74) is 3.29. The van der Waals surface area contributed by atoms with Gasteiger partial charge in [-0.1, -0.05) is 44.0 Å². The van der Waals surface area contributed by atoms with Crippen molar-refractivity contribution >= 4 is 11.7 Å². The Hall–Kier alpha value is -1.77. The van der Waals surface area contributed by atoms with Crippen LogP contribution in [0.1, 0.15) is 37.3 Å². The molecule has 0 unspecified atom stereocenters. The summed E-state index contributed by atoms with van der Waals surface area (Å²) >= 11 is 0. The van der Waals surface area contributed by atoms with E-state index in [2.05, 4.69) is 31.2 Å². The zero-order chi connectivity index (χ0) is 12.8. The third kappa shape index (κ3) is 3.36. The van der Waals surface area contributed by atoms with E-state index >= 15 is 0 Å². The van der Waals surface area contributed by atoms with Crippen molar-refractivity contribution in [3.05, 3.63) is 41.7 Å². The molecule has 18 heavy (non-hydrogen) atoms. The number of hydrogen-bond donors (Lipinski definition) is 0. The maximum absolute atomic E-state index is 10.8. The maximum Gasteiger partial charge on any atom is 0.513 e. The molecule has 0 saturated heterocycles. The molecule has 1 heterocycles. The van der Waals surface area contributed by atoms with Crippen molar-refractivity contribution in [3.8, 4) is 0 Å². The van der Waals surface area contributed by atoms with Crippen LogP contribution in [0, 0.1) is 0 Å². The highest BCUT2D eigenvalue weighted by atomic mass is 16.7. The lowest BCUT2D eigenvalue weighted by Gasteiger charge is -2.13. The standard InChI is InChI=1S/C15H18O3/c1-2-3-4-5-12-6-8-13(9-7-12)14-10-17-15(16)18-11-14/h6-10H,2-5,11H2,1H3. The summed E-state index contributed by atoms with van der Waals surface area (Å²) < 4.78 is 9.56. The van der Waals surface area contributed by atoms with Gasteiger partial charge >= 0.3 is 6.16 Å². The van der Waals surface area contributed by atoms with Crippen LogP contribution in [0.3, 0.4) is 0 Å². The van der Waals surface area contributed by atoms with Gasteiger partial charge in [0.05, 0.1) is 0 Å². The first-order chi connectivity index (χ1) is 8.79. The molecule has 0 bridgehead atoms. The third-order valence-electron chi connectivity index (χ3n) is 3.04. The molecular formula is C15H18O3. The first-order valence-electron chi connectivity index (χ1n) is 6.41. The zero-order valence-electron chi connectivity index (χ0n) is 10.6. The fraction of sp³-hybridized carbons (Fsp3) is 0.400. The first kappa shape index (κ1) is 12.7. The summed E-state index contributed by atoms with van der Waals surface area (Å²) in [6.45, 7) is 2.49. The Kier molecular flexibility index (Phi) is 4.40. The fourth-order valence-electron chi connectivity index (χ4n) is 1.94. The molecule has 1 aromatic rings. The van der Waals surface area contributed by atoms with Gasteiger partial charge in [-0.15, -0.1) is 0 Å². The number of rotatable bonds is 5. The molecule has 2 rings (SSSR count). The Morgan fingerprint density at radius 2 is 1.94 bits per heavy atom. The molecule has 0 aliphatic carbocycles. The van der Waals surface area contributed by atoms with Crippen LogP contribution in [-0.4, -0.2) is 12.8 Å². The first-order valence-corrected chi connectivity index (χ1v) is 6.41. The molecule has 0 aromatic heterocycles. The lowest BCUT2D eigenvalue weighted by atomic mass is 10.0.